The molecule has 2 unspecified atom stereocenters. The molecular weight excluding hydrogens is 498 g/mol. The second-order valence-electron chi connectivity index (χ2n) is 10.5. The highest BCUT2D eigenvalue weighted by Gasteiger charge is 2.42. The normalized spacial score (nSPS) is 21.4. The summed E-state index contributed by atoms with van der Waals surface area (Å²) < 4.78 is 5.48. The van der Waals surface area contributed by atoms with E-state index in [1.807, 2.05) is 59.7 Å². The third-order valence-electron chi connectivity index (χ3n) is 7.97. The lowest BCUT2D eigenvalue weighted by Crippen LogP contribution is -2.35. The Hall–Kier alpha value is -2.71. The molecule has 0 spiro atoms. The third kappa shape index (κ3) is 7.44. The van der Waals surface area contributed by atoms with E-state index in [1.165, 1.54) is 32.1 Å². The van der Waals surface area contributed by atoms with Crippen LogP contribution in [0, 0.1) is 11.8 Å². The van der Waals surface area contributed by atoms with Gasteiger partial charge < -0.3 is 25.0 Å². The second kappa shape index (κ2) is 13.9. The Balaban J connectivity index is 0.000000603. The minimum atomic E-state index is -1.00. The first-order valence-corrected chi connectivity index (χ1v) is 15.0. The van der Waals surface area contributed by atoms with Crippen LogP contribution in [0.5, 0.6) is 5.75 Å². The summed E-state index contributed by atoms with van der Waals surface area (Å²) in [5.41, 5.74) is 1.61. The Labute approximate surface area is 230 Å². The Bertz CT molecular complexity index is 1040. The van der Waals surface area contributed by atoms with Gasteiger partial charge in [0.1, 0.15) is 5.75 Å². The molecule has 2 amide bonds. The molecule has 3 aliphatic rings. The summed E-state index contributed by atoms with van der Waals surface area (Å²) in [6.07, 6.45) is 9.22. The van der Waals surface area contributed by atoms with Crippen molar-refractivity contribution in [2.24, 2.45) is 11.8 Å². The Kier molecular flexibility index (Phi) is 10.4. The zero-order valence-electron chi connectivity index (χ0n) is 22.6. The highest BCUT2D eigenvalue weighted by atomic mass is 32.2. The molecule has 1 saturated carbocycles. The fourth-order valence-electron chi connectivity index (χ4n) is 5.94. The number of ether oxygens (including phenoxy) is 1. The number of hydrogen-bond donors (Lipinski definition) is 2. The summed E-state index contributed by atoms with van der Waals surface area (Å²) >= 11 is 1.63. The maximum absolute atomic E-state index is 13.2. The molecular formula is C30H41N3O4S. The van der Waals surface area contributed by atoms with Gasteiger partial charge in [0.25, 0.3) is 5.91 Å². The molecule has 8 heteroatoms. The summed E-state index contributed by atoms with van der Waals surface area (Å²) in [4.78, 5) is 29.9. The molecule has 1 aliphatic carbocycles. The number of nitrogens with one attached hydrogen (secondary N) is 1. The van der Waals surface area contributed by atoms with Gasteiger partial charge in [-0.1, -0.05) is 62.4 Å². The van der Waals surface area contributed by atoms with Crippen molar-refractivity contribution in [2.45, 2.75) is 49.5 Å². The number of hydrogen-bond acceptors (Lipinski definition) is 5. The maximum atomic E-state index is 13.2. The topological polar surface area (TPSA) is 82.1 Å². The molecule has 2 N–H and O–H groups in total. The lowest BCUT2D eigenvalue weighted by atomic mass is 10.0. The number of thioether (sulfide) groups is 1. The number of benzene rings is 2. The van der Waals surface area contributed by atoms with Crippen LogP contribution in [0.3, 0.4) is 0 Å². The predicted molar refractivity (Wildman–Crippen MR) is 152 cm³/mol. The average Bonchev–Trinajstić information content (AvgIpc) is 3.70. The maximum Gasteiger partial charge on any atom is 0.405 e. The standard InChI is InChI=1S/C25H31N3O4S.C5H10/c1-32-23-12-20(33-2)8-9-21(23)24(29)28-15-18-13-27(14-19(18)16-28)11-10-22(26-25(30)31)17-6-4-3-5-7-17;1-2-4-5-3-1/h3-9,12,18-19,22,26H,10-11,13-16H2,1-2H3,(H,30,31);1-5H2/t18-,19?,22?;/m0./s1. The molecule has 3 atom stereocenters. The van der Waals surface area contributed by atoms with Gasteiger partial charge in [0.2, 0.25) is 0 Å². The highest BCUT2D eigenvalue weighted by Crippen LogP contribution is 2.34. The molecule has 0 radical (unpaired) electrons. The van der Waals surface area contributed by atoms with Gasteiger partial charge in [-0.2, -0.15) is 0 Å². The summed E-state index contributed by atoms with van der Waals surface area (Å²) in [6.45, 7) is 4.20. The van der Waals surface area contributed by atoms with Crippen LogP contribution < -0.4 is 10.1 Å². The smallest absolute Gasteiger partial charge is 0.405 e. The first-order chi connectivity index (χ1) is 18.5. The summed E-state index contributed by atoms with van der Waals surface area (Å²) in [5, 5.41) is 11.9. The quantitative estimate of drug-likeness (QED) is 0.415. The largest absolute Gasteiger partial charge is 0.496 e. The summed E-state index contributed by atoms with van der Waals surface area (Å²) in [7, 11) is 1.61. The highest BCUT2D eigenvalue weighted by molar-refractivity contribution is 7.98. The number of methoxy groups -OCH3 is 1. The number of nitrogens with zero attached hydrogens (tertiary/aromatic N) is 2. The van der Waals surface area contributed by atoms with E-state index in [1.54, 1.807) is 18.9 Å². The first-order valence-electron chi connectivity index (χ1n) is 13.8. The van der Waals surface area contributed by atoms with Gasteiger partial charge in [-0.3, -0.25) is 4.79 Å². The van der Waals surface area contributed by atoms with Crippen molar-refractivity contribution in [3.8, 4) is 5.75 Å². The van der Waals surface area contributed by atoms with E-state index in [-0.39, 0.29) is 11.9 Å². The van der Waals surface area contributed by atoms with E-state index in [2.05, 4.69) is 10.2 Å². The number of carbonyl (C=O) groups is 2. The van der Waals surface area contributed by atoms with Gasteiger partial charge in [0.05, 0.1) is 18.7 Å². The minimum absolute atomic E-state index is 0.0373. The molecule has 206 valence electrons. The number of fused-ring (bicyclic) bond motifs is 1. The van der Waals surface area contributed by atoms with Crippen molar-refractivity contribution in [1.82, 2.24) is 15.1 Å². The van der Waals surface area contributed by atoms with Gasteiger partial charge >= 0.3 is 6.09 Å². The van der Waals surface area contributed by atoms with Gasteiger partial charge in [-0.25, -0.2) is 4.79 Å². The van der Waals surface area contributed by atoms with Crippen LogP contribution in [0.1, 0.15) is 60.5 Å². The van der Waals surface area contributed by atoms with E-state index < -0.39 is 6.09 Å². The van der Waals surface area contributed by atoms with Crippen molar-refractivity contribution >= 4 is 23.8 Å². The van der Waals surface area contributed by atoms with Crippen LogP contribution in [-0.2, 0) is 0 Å². The molecule has 2 aromatic rings. The Morgan fingerprint density at radius 1 is 1.00 bits per heavy atom. The van der Waals surface area contributed by atoms with Crippen molar-refractivity contribution in [3.63, 3.8) is 0 Å². The molecule has 5 rings (SSSR count). The number of amides is 2. The lowest BCUT2D eigenvalue weighted by Gasteiger charge is -2.24. The summed E-state index contributed by atoms with van der Waals surface area (Å²) in [6, 6.07) is 15.3. The van der Waals surface area contributed by atoms with Crippen molar-refractivity contribution in [1.29, 1.82) is 0 Å². The minimum Gasteiger partial charge on any atom is -0.496 e. The SMILES string of the molecule is C1CCCC1.COc1cc(SC)ccc1C(=O)N1CC2CN(CCC(NC(=O)O)c3ccccc3)C[C@H]2C1. The van der Waals surface area contributed by atoms with Gasteiger partial charge in [-0.15, -0.1) is 11.8 Å². The van der Waals surface area contributed by atoms with Crippen LogP contribution >= 0.6 is 11.8 Å². The van der Waals surface area contributed by atoms with Crippen LogP contribution in [0.2, 0.25) is 0 Å². The van der Waals surface area contributed by atoms with E-state index >= 15 is 0 Å². The molecule has 0 bridgehead atoms. The second-order valence-corrected chi connectivity index (χ2v) is 11.4. The molecule has 2 aromatic carbocycles. The molecule has 38 heavy (non-hydrogen) atoms. The number of carbonyl (C=O) groups excluding carboxylic acids is 1. The molecule has 0 aromatic heterocycles. The van der Waals surface area contributed by atoms with Crippen LogP contribution in [0.25, 0.3) is 0 Å². The van der Waals surface area contributed by atoms with Crippen LogP contribution in [-0.4, -0.2) is 73.0 Å². The van der Waals surface area contributed by atoms with Gasteiger partial charge in [0, 0.05) is 37.6 Å². The van der Waals surface area contributed by atoms with E-state index in [0.29, 0.717) is 23.1 Å². The first kappa shape index (κ1) is 28.3. The zero-order valence-corrected chi connectivity index (χ0v) is 23.4. The monoisotopic (exact) mass is 539 g/mol. The third-order valence-corrected chi connectivity index (χ3v) is 8.70. The Morgan fingerprint density at radius 3 is 2.18 bits per heavy atom. The molecule has 2 aliphatic heterocycles. The van der Waals surface area contributed by atoms with E-state index in [4.69, 9.17) is 4.74 Å². The summed E-state index contributed by atoms with van der Waals surface area (Å²) in [5.74, 6) is 1.57. The van der Waals surface area contributed by atoms with E-state index in [0.717, 1.165) is 49.6 Å². The lowest BCUT2D eigenvalue weighted by molar-refractivity contribution is 0.0770. The zero-order chi connectivity index (χ0) is 26.9. The average molecular weight is 540 g/mol. The van der Waals surface area contributed by atoms with Gasteiger partial charge in [-0.05, 0) is 48.3 Å². The van der Waals surface area contributed by atoms with Crippen molar-refractivity contribution in [2.75, 3.05) is 46.1 Å². The Morgan fingerprint density at radius 2 is 1.63 bits per heavy atom. The molecule has 7 nitrogen and oxygen atoms in total. The number of likely N-dealkylation sites (tertiary alicyclic amines) is 2. The van der Waals surface area contributed by atoms with Crippen LogP contribution in [0.15, 0.2) is 53.4 Å². The number of carboxylic acid groups (broad SMARTS) is 1. The molecule has 2 heterocycles. The fraction of sp³-hybridized carbons (Fsp3) is 0.533. The van der Waals surface area contributed by atoms with Gasteiger partial charge in [0.15, 0.2) is 0 Å². The number of rotatable bonds is 8. The van der Waals surface area contributed by atoms with E-state index in [9.17, 15) is 14.7 Å². The van der Waals surface area contributed by atoms with Crippen molar-refractivity contribution < 1.29 is 19.4 Å². The molecule has 2 saturated heterocycles. The molecule has 3 fully saturated rings. The fourth-order valence-corrected chi connectivity index (χ4v) is 6.37. The van der Waals surface area contributed by atoms with Crippen molar-refractivity contribution in [3.05, 3.63) is 59.7 Å². The predicted octanol–water partition coefficient (Wildman–Crippen LogP) is 5.77. The van der Waals surface area contributed by atoms with Crippen LogP contribution in [0.4, 0.5) is 4.79 Å².